The number of para-hydroxylation sites is 1. The van der Waals surface area contributed by atoms with Crippen LogP contribution >= 0.6 is 0 Å². The van der Waals surface area contributed by atoms with Gasteiger partial charge in [0.15, 0.2) is 0 Å². The van der Waals surface area contributed by atoms with Crippen LogP contribution in [-0.4, -0.2) is 38.6 Å². The van der Waals surface area contributed by atoms with Crippen molar-refractivity contribution in [3.63, 3.8) is 0 Å². The summed E-state index contributed by atoms with van der Waals surface area (Å²) < 4.78 is 34.5. The van der Waals surface area contributed by atoms with Crippen LogP contribution in [0.15, 0.2) is 35.2 Å². The van der Waals surface area contributed by atoms with Gasteiger partial charge in [0.25, 0.3) is 0 Å². The monoisotopic (exact) mass is 414 g/mol. The van der Waals surface area contributed by atoms with Crippen molar-refractivity contribution in [2.24, 2.45) is 0 Å². The number of aryl methyl sites for hydroxylation is 2. The van der Waals surface area contributed by atoms with E-state index in [4.69, 9.17) is 4.74 Å². The van der Waals surface area contributed by atoms with Crippen LogP contribution in [0.4, 0.5) is 5.69 Å². The van der Waals surface area contributed by atoms with E-state index in [2.05, 4.69) is 29.2 Å². The second-order valence-corrected chi connectivity index (χ2v) is 10.2. The first-order chi connectivity index (χ1) is 13.8. The summed E-state index contributed by atoms with van der Waals surface area (Å²) in [7, 11) is -3.50. The second-order valence-electron chi connectivity index (χ2n) is 8.30. The fourth-order valence-electron chi connectivity index (χ4n) is 4.63. The Morgan fingerprint density at radius 1 is 0.966 bits per heavy atom. The van der Waals surface area contributed by atoms with E-state index < -0.39 is 10.0 Å². The lowest BCUT2D eigenvalue weighted by Crippen LogP contribution is -2.48. The smallest absolute Gasteiger partial charge is 0.243 e. The minimum atomic E-state index is -3.50. The van der Waals surface area contributed by atoms with E-state index >= 15 is 0 Å². The Hall–Kier alpha value is -1.89. The quantitative estimate of drug-likeness (QED) is 0.760. The third kappa shape index (κ3) is 3.58. The third-order valence-electron chi connectivity index (χ3n) is 6.55. The molecule has 2 aliphatic heterocycles. The van der Waals surface area contributed by atoms with Crippen LogP contribution in [0.3, 0.4) is 0 Å². The van der Waals surface area contributed by atoms with Crippen molar-refractivity contribution >= 4 is 15.7 Å². The molecule has 2 aromatic rings. The van der Waals surface area contributed by atoms with Crippen molar-refractivity contribution in [2.45, 2.75) is 58.1 Å². The number of hydrogen-bond acceptors (Lipinski definition) is 4. The lowest BCUT2D eigenvalue weighted by atomic mass is 10.0. The van der Waals surface area contributed by atoms with Gasteiger partial charge in [-0.05, 0) is 68.9 Å². The van der Waals surface area contributed by atoms with Gasteiger partial charge in [0.2, 0.25) is 10.0 Å². The van der Waals surface area contributed by atoms with Gasteiger partial charge in [0.1, 0.15) is 6.73 Å². The van der Waals surface area contributed by atoms with Gasteiger partial charge < -0.3 is 9.64 Å². The molecule has 0 saturated carbocycles. The molecule has 29 heavy (non-hydrogen) atoms. The third-order valence-corrected chi connectivity index (χ3v) is 8.72. The maximum atomic E-state index is 13.5. The SMILES string of the molecule is Cc1cc(C)c(C)c(S(=O)(=O)N2CCC(N3COCc4ccccc43)CC2)c1C. The molecule has 2 aromatic carbocycles. The van der Waals surface area contributed by atoms with Crippen LogP contribution in [-0.2, 0) is 21.4 Å². The number of benzene rings is 2. The molecule has 5 nitrogen and oxygen atoms in total. The van der Waals surface area contributed by atoms with E-state index in [1.807, 2.05) is 33.8 Å². The summed E-state index contributed by atoms with van der Waals surface area (Å²) in [5, 5.41) is 0. The molecule has 0 aliphatic carbocycles. The van der Waals surface area contributed by atoms with Crippen LogP contribution in [0, 0.1) is 27.7 Å². The molecule has 0 atom stereocenters. The maximum Gasteiger partial charge on any atom is 0.243 e. The van der Waals surface area contributed by atoms with Crippen LogP contribution in [0.1, 0.15) is 40.7 Å². The van der Waals surface area contributed by atoms with E-state index in [-0.39, 0.29) is 0 Å². The number of ether oxygens (including phenoxy) is 1. The van der Waals surface area contributed by atoms with Crippen molar-refractivity contribution in [1.29, 1.82) is 0 Å². The molecule has 0 spiro atoms. The molecule has 0 aromatic heterocycles. The minimum absolute atomic E-state index is 0.296. The lowest BCUT2D eigenvalue weighted by molar-refractivity contribution is 0.0988. The summed E-state index contributed by atoms with van der Waals surface area (Å²) in [5.41, 5.74) is 6.23. The standard InChI is InChI=1S/C23H30N2O3S/c1-16-13-17(2)19(4)23(18(16)3)29(26,27)24-11-9-21(10-12-24)25-15-28-14-20-7-5-6-8-22(20)25/h5-8,13,21H,9-12,14-15H2,1-4H3. The number of sulfonamides is 1. The molecule has 2 aliphatic rings. The zero-order valence-corrected chi connectivity index (χ0v) is 18.6. The molecule has 0 bridgehead atoms. The first-order valence-corrected chi connectivity index (χ1v) is 11.7. The van der Waals surface area contributed by atoms with Gasteiger partial charge in [-0.15, -0.1) is 0 Å². The zero-order chi connectivity index (χ0) is 20.8. The molecule has 1 saturated heterocycles. The van der Waals surface area contributed by atoms with Crippen molar-refractivity contribution < 1.29 is 13.2 Å². The van der Waals surface area contributed by atoms with Crippen molar-refractivity contribution in [2.75, 3.05) is 24.7 Å². The number of rotatable bonds is 3. The topological polar surface area (TPSA) is 49.9 Å². The van der Waals surface area contributed by atoms with E-state index in [0.717, 1.165) is 35.1 Å². The molecule has 0 unspecified atom stereocenters. The van der Waals surface area contributed by atoms with Gasteiger partial charge in [-0.1, -0.05) is 24.3 Å². The summed E-state index contributed by atoms with van der Waals surface area (Å²) in [6, 6.07) is 10.7. The van der Waals surface area contributed by atoms with Gasteiger partial charge in [0, 0.05) is 30.4 Å². The zero-order valence-electron chi connectivity index (χ0n) is 17.7. The van der Waals surface area contributed by atoms with Crippen LogP contribution in [0.5, 0.6) is 0 Å². The van der Waals surface area contributed by atoms with Crippen molar-refractivity contribution in [3.8, 4) is 0 Å². The summed E-state index contributed by atoms with van der Waals surface area (Å²) >= 11 is 0. The summed E-state index contributed by atoms with van der Waals surface area (Å²) in [4.78, 5) is 2.80. The Morgan fingerprint density at radius 2 is 1.59 bits per heavy atom. The molecular formula is C23H30N2O3S. The van der Waals surface area contributed by atoms with Gasteiger partial charge in [-0.2, -0.15) is 4.31 Å². The van der Waals surface area contributed by atoms with Gasteiger partial charge in [-0.3, -0.25) is 0 Å². The normalized spacial score (nSPS) is 18.7. The highest BCUT2D eigenvalue weighted by Crippen LogP contribution is 2.33. The Bertz CT molecular complexity index is 998. The lowest BCUT2D eigenvalue weighted by Gasteiger charge is -2.41. The predicted molar refractivity (Wildman–Crippen MR) is 116 cm³/mol. The fourth-order valence-corrected chi connectivity index (χ4v) is 6.68. The maximum absolute atomic E-state index is 13.5. The number of piperidine rings is 1. The average molecular weight is 415 g/mol. The number of anilines is 1. The van der Waals surface area contributed by atoms with Gasteiger partial charge in [0.05, 0.1) is 11.5 Å². The first kappa shape index (κ1) is 20.4. The molecular weight excluding hydrogens is 384 g/mol. The van der Waals surface area contributed by atoms with E-state index in [0.29, 0.717) is 37.4 Å². The molecule has 6 heteroatoms. The Morgan fingerprint density at radius 3 is 2.24 bits per heavy atom. The van der Waals surface area contributed by atoms with Crippen LogP contribution in [0.25, 0.3) is 0 Å². The molecule has 1 fully saturated rings. The Labute approximate surface area is 174 Å². The summed E-state index contributed by atoms with van der Waals surface area (Å²) in [6.07, 6.45) is 1.61. The molecule has 156 valence electrons. The highest BCUT2D eigenvalue weighted by atomic mass is 32.2. The predicted octanol–water partition coefficient (Wildman–Crippen LogP) is 4.07. The van der Waals surface area contributed by atoms with Crippen molar-refractivity contribution in [1.82, 2.24) is 4.31 Å². The van der Waals surface area contributed by atoms with Crippen LogP contribution in [0.2, 0.25) is 0 Å². The molecule has 2 heterocycles. The minimum Gasteiger partial charge on any atom is -0.356 e. The summed E-state index contributed by atoms with van der Waals surface area (Å²) in [5.74, 6) is 0. The molecule has 0 amide bonds. The molecule has 0 N–H and O–H groups in total. The molecule has 4 rings (SSSR count). The second kappa shape index (κ2) is 7.74. The van der Waals surface area contributed by atoms with E-state index in [1.54, 1.807) is 4.31 Å². The molecule has 0 radical (unpaired) electrons. The Kier molecular flexibility index (Phi) is 5.44. The number of hydrogen-bond donors (Lipinski definition) is 0. The Balaban J connectivity index is 1.55. The highest BCUT2D eigenvalue weighted by Gasteiger charge is 2.35. The number of nitrogens with zero attached hydrogens (tertiary/aromatic N) is 2. The fraction of sp³-hybridized carbons (Fsp3) is 0.478. The average Bonchev–Trinajstić information content (AvgIpc) is 2.72. The van der Waals surface area contributed by atoms with E-state index in [9.17, 15) is 8.42 Å². The largest absolute Gasteiger partial charge is 0.356 e. The summed E-state index contributed by atoms with van der Waals surface area (Å²) in [6.45, 7) is 10.1. The first-order valence-electron chi connectivity index (χ1n) is 10.3. The van der Waals surface area contributed by atoms with E-state index in [1.165, 1.54) is 11.3 Å². The highest BCUT2D eigenvalue weighted by molar-refractivity contribution is 7.89. The number of fused-ring (bicyclic) bond motifs is 1. The van der Waals surface area contributed by atoms with Gasteiger partial charge in [-0.25, -0.2) is 8.42 Å². The van der Waals surface area contributed by atoms with Crippen molar-refractivity contribution in [3.05, 3.63) is 58.1 Å². The van der Waals surface area contributed by atoms with Crippen LogP contribution < -0.4 is 4.90 Å². The van der Waals surface area contributed by atoms with Gasteiger partial charge >= 0.3 is 0 Å².